The lowest BCUT2D eigenvalue weighted by molar-refractivity contribution is -0.135. The SMILES string of the molecule is CNCCN(C)Cc1c[nH]nc1[C@H]1CC[C@H](N(CC(C)C)C(=O)CCCOC)CC1. The Morgan fingerprint density at radius 2 is 2.07 bits per heavy atom. The highest BCUT2D eigenvalue weighted by Gasteiger charge is 2.31. The van der Waals surface area contributed by atoms with Crippen molar-refractivity contribution in [3.05, 3.63) is 17.5 Å². The Morgan fingerprint density at radius 1 is 1.33 bits per heavy atom. The molecule has 1 aromatic rings. The number of likely N-dealkylation sites (N-methyl/N-ethyl adjacent to an activating group) is 2. The van der Waals surface area contributed by atoms with E-state index >= 15 is 0 Å². The normalized spacial score (nSPS) is 19.6. The topological polar surface area (TPSA) is 73.5 Å². The van der Waals surface area contributed by atoms with Gasteiger partial charge in [0.1, 0.15) is 0 Å². The zero-order valence-electron chi connectivity index (χ0n) is 19.7. The number of H-pyrrole nitrogens is 1. The van der Waals surface area contributed by atoms with Gasteiger partial charge in [-0.15, -0.1) is 0 Å². The quantitative estimate of drug-likeness (QED) is 0.479. The third kappa shape index (κ3) is 7.67. The summed E-state index contributed by atoms with van der Waals surface area (Å²) < 4.78 is 5.13. The van der Waals surface area contributed by atoms with E-state index in [4.69, 9.17) is 4.74 Å². The maximum Gasteiger partial charge on any atom is 0.222 e. The number of amides is 1. The molecule has 0 atom stereocenters. The molecule has 7 nitrogen and oxygen atoms in total. The second-order valence-electron chi connectivity index (χ2n) is 9.18. The molecule has 1 aromatic heterocycles. The van der Waals surface area contributed by atoms with Gasteiger partial charge in [0.25, 0.3) is 0 Å². The fourth-order valence-corrected chi connectivity index (χ4v) is 4.50. The highest BCUT2D eigenvalue weighted by Crippen LogP contribution is 2.36. The van der Waals surface area contributed by atoms with Crippen LogP contribution in [0.1, 0.15) is 69.5 Å². The molecule has 0 radical (unpaired) electrons. The maximum atomic E-state index is 12.9. The summed E-state index contributed by atoms with van der Waals surface area (Å²) in [6.45, 7) is 8.82. The maximum absolute atomic E-state index is 12.9. The zero-order chi connectivity index (χ0) is 21.9. The van der Waals surface area contributed by atoms with Gasteiger partial charge in [-0.05, 0) is 52.1 Å². The van der Waals surface area contributed by atoms with E-state index in [0.29, 0.717) is 30.9 Å². The number of carbonyl (C=O) groups is 1. The molecule has 1 saturated carbocycles. The van der Waals surface area contributed by atoms with Crippen LogP contribution in [0.3, 0.4) is 0 Å². The molecule has 0 aliphatic heterocycles. The molecule has 1 heterocycles. The number of nitrogens with one attached hydrogen (secondary N) is 2. The number of carbonyl (C=O) groups excluding carboxylic acids is 1. The number of methoxy groups -OCH3 is 1. The number of aromatic nitrogens is 2. The number of nitrogens with zero attached hydrogens (tertiary/aromatic N) is 3. The summed E-state index contributed by atoms with van der Waals surface area (Å²) in [5.41, 5.74) is 2.54. The van der Waals surface area contributed by atoms with Crippen molar-refractivity contribution in [1.82, 2.24) is 25.3 Å². The highest BCUT2D eigenvalue weighted by molar-refractivity contribution is 5.76. The monoisotopic (exact) mass is 421 g/mol. The summed E-state index contributed by atoms with van der Waals surface area (Å²) in [6, 6.07) is 0.361. The number of hydrogen-bond donors (Lipinski definition) is 2. The molecule has 0 aromatic carbocycles. The Bertz CT molecular complexity index is 610. The van der Waals surface area contributed by atoms with E-state index in [1.807, 2.05) is 7.05 Å². The van der Waals surface area contributed by atoms with E-state index in [1.54, 1.807) is 7.11 Å². The first-order valence-corrected chi connectivity index (χ1v) is 11.6. The molecule has 7 heteroatoms. The molecular weight excluding hydrogens is 378 g/mol. The number of hydrogen-bond acceptors (Lipinski definition) is 5. The molecule has 1 aliphatic rings. The Labute approximate surface area is 182 Å². The molecule has 1 amide bonds. The van der Waals surface area contributed by atoms with Gasteiger partial charge in [-0.25, -0.2) is 0 Å². The number of aromatic amines is 1. The van der Waals surface area contributed by atoms with Crippen molar-refractivity contribution in [3.63, 3.8) is 0 Å². The van der Waals surface area contributed by atoms with Crippen molar-refractivity contribution in [1.29, 1.82) is 0 Å². The summed E-state index contributed by atoms with van der Waals surface area (Å²) in [7, 11) is 5.84. The average molecular weight is 422 g/mol. The standard InChI is InChI=1S/C23H43N5O2/c1-18(2)16-28(22(29)7-6-14-30-5)21-10-8-19(9-11-21)23-20(15-25-26-23)17-27(4)13-12-24-3/h15,18-19,21,24H,6-14,16-17H2,1-5H3,(H,25,26)/t19-,21-. The molecule has 0 bridgehead atoms. The van der Waals surface area contributed by atoms with Crippen molar-refractivity contribution >= 4 is 5.91 Å². The first-order chi connectivity index (χ1) is 14.5. The molecule has 1 fully saturated rings. The molecule has 0 unspecified atom stereocenters. The van der Waals surface area contributed by atoms with E-state index in [1.165, 1.54) is 11.3 Å². The summed E-state index contributed by atoms with van der Waals surface area (Å²) in [6.07, 6.45) is 7.78. The second-order valence-corrected chi connectivity index (χ2v) is 9.18. The molecule has 30 heavy (non-hydrogen) atoms. The number of ether oxygens (including phenoxy) is 1. The fourth-order valence-electron chi connectivity index (χ4n) is 4.50. The molecule has 0 saturated heterocycles. The zero-order valence-corrected chi connectivity index (χ0v) is 19.7. The fraction of sp³-hybridized carbons (Fsp3) is 0.826. The van der Waals surface area contributed by atoms with Crippen LogP contribution in [0.25, 0.3) is 0 Å². The second kappa shape index (κ2) is 13.1. The summed E-state index contributed by atoms with van der Waals surface area (Å²) in [4.78, 5) is 17.4. The van der Waals surface area contributed by atoms with Gasteiger partial charge in [-0.2, -0.15) is 5.10 Å². The van der Waals surface area contributed by atoms with Gasteiger partial charge < -0.3 is 19.9 Å². The van der Waals surface area contributed by atoms with Gasteiger partial charge >= 0.3 is 0 Å². The Kier molecular flexibility index (Phi) is 10.8. The van der Waals surface area contributed by atoms with Crippen LogP contribution >= 0.6 is 0 Å². The van der Waals surface area contributed by atoms with Crippen LogP contribution in [-0.2, 0) is 16.1 Å². The van der Waals surface area contributed by atoms with Gasteiger partial charge in [0.15, 0.2) is 0 Å². The predicted octanol–water partition coefficient (Wildman–Crippen LogP) is 3.00. The summed E-state index contributed by atoms with van der Waals surface area (Å²) >= 11 is 0. The Morgan fingerprint density at radius 3 is 2.70 bits per heavy atom. The van der Waals surface area contributed by atoms with Crippen molar-refractivity contribution in [3.8, 4) is 0 Å². The van der Waals surface area contributed by atoms with Crippen LogP contribution in [0.4, 0.5) is 0 Å². The first kappa shape index (κ1) is 24.8. The van der Waals surface area contributed by atoms with Crippen molar-refractivity contribution < 1.29 is 9.53 Å². The van der Waals surface area contributed by atoms with Gasteiger partial charge in [0.05, 0.1) is 5.69 Å². The molecule has 1 aliphatic carbocycles. The van der Waals surface area contributed by atoms with Crippen molar-refractivity contribution in [2.24, 2.45) is 5.92 Å². The van der Waals surface area contributed by atoms with E-state index in [2.05, 4.69) is 52.4 Å². The molecule has 172 valence electrons. The minimum atomic E-state index is 0.288. The summed E-state index contributed by atoms with van der Waals surface area (Å²) in [5.74, 6) is 1.26. The van der Waals surface area contributed by atoms with Crippen LogP contribution in [-0.4, -0.2) is 79.4 Å². The third-order valence-corrected chi connectivity index (χ3v) is 6.08. The van der Waals surface area contributed by atoms with Crippen LogP contribution < -0.4 is 5.32 Å². The number of rotatable bonds is 13. The highest BCUT2D eigenvalue weighted by atomic mass is 16.5. The van der Waals surface area contributed by atoms with Gasteiger partial charge in [0, 0.05) is 70.0 Å². The summed E-state index contributed by atoms with van der Waals surface area (Å²) in [5, 5.41) is 10.9. The van der Waals surface area contributed by atoms with E-state index < -0.39 is 0 Å². The average Bonchev–Trinajstić information content (AvgIpc) is 3.18. The minimum Gasteiger partial charge on any atom is -0.385 e. The Hall–Kier alpha value is -1.44. The third-order valence-electron chi connectivity index (χ3n) is 6.08. The lowest BCUT2D eigenvalue weighted by atomic mass is 9.82. The smallest absolute Gasteiger partial charge is 0.222 e. The van der Waals surface area contributed by atoms with Crippen LogP contribution in [0.5, 0.6) is 0 Å². The molecule has 2 rings (SSSR count). The van der Waals surface area contributed by atoms with Crippen molar-refractivity contribution in [2.75, 3.05) is 47.4 Å². The minimum absolute atomic E-state index is 0.288. The van der Waals surface area contributed by atoms with E-state index in [9.17, 15) is 4.79 Å². The van der Waals surface area contributed by atoms with Crippen LogP contribution in [0, 0.1) is 5.92 Å². The van der Waals surface area contributed by atoms with E-state index in [-0.39, 0.29) is 5.91 Å². The largest absolute Gasteiger partial charge is 0.385 e. The predicted molar refractivity (Wildman–Crippen MR) is 122 cm³/mol. The lowest BCUT2D eigenvalue weighted by Gasteiger charge is -2.38. The molecule has 2 N–H and O–H groups in total. The first-order valence-electron chi connectivity index (χ1n) is 11.6. The lowest BCUT2D eigenvalue weighted by Crippen LogP contribution is -2.44. The van der Waals surface area contributed by atoms with Gasteiger partial charge in [-0.1, -0.05) is 13.8 Å². The molecular formula is C23H43N5O2. The van der Waals surface area contributed by atoms with Crippen LogP contribution in [0.15, 0.2) is 6.20 Å². The Balaban J connectivity index is 1.94. The van der Waals surface area contributed by atoms with E-state index in [0.717, 1.165) is 58.3 Å². The van der Waals surface area contributed by atoms with Gasteiger partial charge in [0.2, 0.25) is 5.91 Å². The van der Waals surface area contributed by atoms with Crippen LogP contribution in [0.2, 0.25) is 0 Å². The van der Waals surface area contributed by atoms with Crippen molar-refractivity contribution in [2.45, 2.75) is 70.9 Å². The van der Waals surface area contributed by atoms with Gasteiger partial charge in [-0.3, -0.25) is 9.89 Å². The molecule has 0 spiro atoms.